The average molecular weight is 195 g/mol. The minimum atomic E-state index is 0.755. The zero-order chi connectivity index (χ0) is 9.97. The van der Waals surface area contributed by atoms with E-state index in [1.54, 1.807) is 0 Å². The van der Waals surface area contributed by atoms with E-state index in [2.05, 4.69) is 19.2 Å². The number of nitrogens with one attached hydrogen (secondary N) is 1. The highest BCUT2D eigenvalue weighted by Crippen LogP contribution is 2.33. The minimum Gasteiger partial charge on any atom is -0.311 e. The van der Waals surface area contributed by atoms with Crippen molar-refractivity contribution in [2.75, 3.05) is 0 Å². The molecule has 2 aliphatic carbocycles. The normalized spacial score (nSPS) is 28.7. The molecule has 0 heterocycles. The lowest BCUT2D eigenvalue weighted by Crippen LogP contribution is -2.41. The Kier molecular flexibility index (Phi) is 3.48. The van der Waals surface area contributed by atoms with Crippen LogP contribution in [0.1, 0.15) is 58.8 Å². The average Bonchev–Trinajstić information content (AvgIpc) is 3.02. The van der Waals surface area contributed by atoms with Gasteiger partial charge in [0.25, 0.3) is 0 Å². The van der Waals surface area contributed by atoms with Gasteiger partial charge in [-0.3, -0.25) is 0 Å². The summed E-state index contributed by atoms with van der Waals surface area (Å²) in [5.41, 5.74) is 0. The van der Waals surface area contributed by atoms with E-state index in [-0.39, 0.29) is 0 Å². The van der Waals surface area contributed by atoms with E-state index in [0.29, 0.717) is 0 Å². The van der Waals surface area contributed by atoms with E-state index in [0.717, 1.165) is 23.9 Å². The van der Waals surface area contributed by atoms with Crippen LogP contribution >= 0.6 is 0 Å². The smallest absolute Gasteiger partial charge is 0.00695 e. The Morgan fingerprint density at radius 2 is 1.29 bits per heavy atom. The first-order valence-corrected chi connectivity index (χ1v) is 6.53. The molecule has 14 heavy (non-hydrogen) atoms. The van der Waals surface area contributed by atoms with Crippen molar-refractivity contribution in [3.63, 3.8) is 0 Å². The molecule has 0 aromatic rings. The molecule has 0 amide bonds. The fourth-order valence-electron chi connectivity index (χ4n) is 2.92. The second-order valence-corrected chi connectivity index (χ2v) is 5.48. The molecule has 1 nitrogen and oxygen atoms in total. The van der Waals surface area contributed by atoms with Crippen LogP contribution < -0.4 is 5.32 Å². The molecule has 1 heteroatoms. The van der Waals surface area contributed by atoms with Gasteiger partial charge >= 0.3 is 0 Å². The minimum absolute atomic E-state index is 0.755. The summed E-state index contributed by atoms with van der Waals surface area (Å²) in [6.45, 7) is 4.77. The molecule has 2 rings (SSSR count). The maximum atomic E-state index is 3.81. The van der Waals surface area contributed by atoms with Crippen molar-refractivity contribution < 1.29 is 0 Å². The molecule has 2 unspecified atom stereocenters. The van der Waals surface area contributed by atoms with E-state index in [9.17, 15) is 0 Å². The maximum absolute atomic E-state index is 3.81. The third-order valence-electron chi connectivity index (χ3n) is 4.21. The molecule has 0 aliphatic heterocycles. The molecule has 82 valence electrons. The van der Waals surface area contributed by atoms with E-state index in [1.165, 1.54) is 44.9 Å². The Bertz CT molecular complexity index is 168. The monoisotopic (exact) mass is 195 g/mol. The van der Waals surface area contributed by atoms with Crippen molar-refractivity contribution in [1.82, 2.24) is 5.32 Å². The topological polar surface area (TPSA) is 12.0 Å². The molecule has 2 atom stereocenters. The predicted octanol–water partition coefficient (Wildman–Crippen LogP) is 3.34. The highest BCUT2D eigenvalue weighted by atomic mass is 15.0. The second-order valence-electron chi connectivity index (χ2n) is 5.48. The summed E-state index contributed by atoms with van der Waals surface area (Å²) >= 11 is 0. The number of rotatable bonds is 4. The summed E-state index contributed by atoms with van der Waals surface area (Å²) < 4.78 is 0. The Balaban J connectivity index is 1.72. The second kappa shape index (κ2) is 4.65. The van der Waals surface area contributed by atoms with Crippen LogP contribution in [0.3, 0.4) is 0 Å². The van der Waals surface area contributed by atoms with Crippen molar-refractivity contribution in [3.05, 3.63) is 0 Å². The van der Waals surface area contributed by atoms with Crippen LogP contribution in [0, 0.1) is 11.8 Å². The van der Waals surface area contributed by atoms with Gasteiger partial charge in [0, 0.05) is 12.1 Å². The van der Waals surface area contributed by atoms with Gasteiger partial charge in [0.15, 0.2) is 0 Å². The Labute approximate surface area is 88.7 Å². The highest BCUT2D eigenvalue weighted by molar-refractivity contribution is 4.86. The zero-order valence-corrected chi connectivity index (χ0v) is 9.76. The fraction of sp³-hybridized carbons (Fsp3) is 1.00. The molecule has 0 radical (unpaired) electrons. The summed E-state index contributed by atoms with van der Waals surface area (Å²) in [5, 5.41) is 3.81. The molecule has 0 saturated heterocycles. The Hall–Kier alpha value is -0.0400. The first-order valence-electron chi connectivity index (χ1n) is 6.53. The Morgan fingerprint density at radius 1 is 0.786 bits per heavy atom. The van der Waals surface area contributed by atoms with Crippen molar-refractivity contribution in [1.29, 1.82) is 0 Å². The third kappa shape index (κ3) is 2.73. The molecule has 1 N–H and O–H groups in total. The van der Waals surface area contributed by atoms with E-state index < -0.39 is 0 Å². The molecular formula is C13H25N. The van der Waals surface area contributed by atoms with Crippen molar-refractivity contribution in [2.24, 2.45) is 11.8 Å². The van der Waals surface area contributed by atoms with Gasteiger partial charge < -0.3 is 5.32 Å². The van der Waals surface area contributed by atoms with Crippen LogP contribution in [0.25, 0.3) is 0 Å². The van der Waals surface area contributed by atoms with E-state index >= 15 is 0 Å². The molecule has 2 aliphatic rings. The van der Waals surface area contributed by atoms with Gasteiger partial charge in [-0.25, -0.2) is 0 Å². The van der Waals surface area contributed by atoms with Gasteiger partial charge in [-0.15, -0.1) is 0 Å². The molecule has 0 spiro atoms. The van der Waals surface area contributed by atoms with Crippen molar-refractivity contribution in [3.8, 4) is 0 Å². The van der Waals surface area contributed by atoms with Crippen LogP contribution in [-0.4, -0.2) is 12.1 Å². The summed E-state index contributed by atoms with van der Waals surface area (Å²) in [6.07, 6.45) is 10.3. The van der Waals surface area contributed by atoms with Crippen molar-refractivity contribution in [2.45, 2.75) is 70.9 Å². The van der Waals surface area contributed by atoms with Gasteiger partial charge in [0.05, 0.1) is 0 Å². The summed E-state index contributed by atoms with van der Waals surface area (Å²) in [6, 6.07) is 1.53. The Morgan fingerprint density at radius 3 is 1.79 bits per heavy atom. The van der Waals surface area contributed by atoms with E-state index in [4.69, 9.17) is 0 Å². The first-order chi connectivity index (χ1) is 6.77. The lowest BCUT2D eigenvalue weighted by molar-refractivity contribution is 0.261. The van der Waals surface area contributed by atoms with Crippen LogP contribution in [0.5, 0.6) is 0 Å². The molecular weight excluding hydrogens is 170 g/mol. The number of hydrogen-bond donors (Lipinski definition) is 1. The van der Waals surface area contributed by atoms with Crippen LogP contribution in [-0.2, 0) is 0 Å². The molecule has 0 aromatic carbocycles. The lowest BCUT2D eigenvalue weighted by atomic mass is 9.84. The van der Waals surface area contributed by atoms with E-state index in [1.807, 2.05) is 0 Å². The van der Waals surface area contributed by atoms with Crippen LogP contribution in [0.15, 0.2) is 0 Å². The number of hydrogen-bond acceptors (Lipinski definition) is 1. The quantitative estimate of drug-likeness (QED) is 0.725. The maximum Gasteiger partial charge on any atom is 0.00695 e. The molecule has 2 fully saturated rings. The summed E-state index contributed by atoms with van der Waals surface area (Å²) in [7, 11) is 0. The zero-order valence-electron chi connectivity index (χ0n) is 9.76. The third-order valence-corrected chi connectivity index (χ3v) is 4.21. The highest BCUT2D eigenvalue weighted by Gasteiger charge is 2.30. The lowest BCUT2D eigenvalue weighted by Gasteiger charge is -2.30. The van der Waals surface area contributed by atoms with Gasteiger partial charge in [0.1, 0.15) is 0 Å². The standard InChI is InChI=1S/C13H25N/c1-10(12-6-4-3-5-7-12)14-11(2)13-8-9-13/h10-14H,3-9H2,1-2H3. The fourth-order valence-corrected chi connectivity index (χ4v) is 2.92. The van der Waals surface area contributed by atoms with Gasteiger partial charge in [-0.2, -0.15) is 0 Å². The summed E-state index contributed by atoms with van der Waals surface area (Å²) in [4.78, 5) is 0. The van der Waals surface area contributed by atoms with Crippen LogP contribution in [0.4, 0.5) is 0 Å². The van der Waals surface area contributed by atoms with Crippen molar-refractivity contribution >= 4 is 0 Å². The summed E-state index contributed by atoms with van der Waals surface area (Å²) in [5.74, 6) is 1.96. The van der Waals surface area contributed by atoms with Gasteiger partial charge in [-0.05, 0) is 51.4 Å². The van der Waals surface area contributed by atoms with Gasteiger partial charge in [0.2, 0.25) is 0 Å². The molecule has 0 aromatic heterocycles. The van der Waals surface area contributed by atoms with Crippen LogP contribution in [0.2, 0.25) is 0 Å². The largest absolute Gasteiger partial charge is 0.311 e. The first kappa shape index (κ1) is 10.5. The van der Waals surface area contributed by atoms with Gasteiger partial charge in [-0.1, -0.05) is 19.3 Å². The predicted molar refractivity (Wildman–Crippen MR) is 61.4 cm³/mol. The molecule has 2 saturated carbocycles. The molecule has 0 bridgehead atoms. The SMILES string of the molecule is CC(NC(C)C1CC1)C1CCCCC1.